The number of Topliss-reactive ketones (excluding diaryl/α,β-unsaturated/α-hetero) is 1. The number of ketones is 1. The summed E-state index contributed by atoms with van der Waals surface area (Å²) in [5.41, 5.74) is 1.25. The molecule has 0 radical (unpaired) electrons. The second-order valence-corrected chi connectivity index (χ2v) is 8.02. The first-order chi connectivity index (χ1) is 13.1. The van der Waals surface area contributed by atoms with E-state index in [1.807, 2.05) is 20.8 Å². The zero-order chi connectivity index (χ0) is 20.9. The van der Waals surface area contributed by atoms with Crippen LogP contribution in [0.1, 0.15) is 43.6 Å². The highest BCUT2D eigenvalue weighted by atomic mass is 35.5. The normalized spacial score (nSPS) is 12.2. The van der Waals surface area contributed by atoms with Crippen LogP contribution in [0.3, 0.4) is 0 Å². The zero-order valence-electron chi connectivity index (χ0n) is 16.4. The lowest BCUT2D eigenvalue weighted by Gasteiger charge is -2.18. The lowest BCUT2D eigenvalue weighted by Crippen LogP contribution is -2.27. The molecule has 0 fully saturated rings. The van der Waals surface area contributed by atoms with Crippen molar-refractivity contribution in [1.82, 2.24) is 0 Å². The smallest absolute Gasteiger partial charge is 0.310 e. The quantitative estimate of drug-likeness (QED) is 0.563. The Balaban J connectivity index is 1.94. The van der Waals surface area contributed by atoms with Gasteiger partial charge in [0.25, 0.3) is 0 Å². The van der Waals surface area contributed by atoms with E-state index >= 15 is 0 Å². The Morgan fingerprint density at radius 2 is 1.57 bits per heavy atom. The van der Waals surface area contributed by atoms with E-state index in [1.54, 1.807) is 48.5 Å². The number of hydrogen-bond donors (Lipinski definition) is 1. The van der Waals surface area contributed by atoms with Gasteiger partial charge in [-0.3, -0.25) is 14.4 Å². The monoisotopic (exact) mass is 401 g/mol. The molecule has 148 valence electrons. The number of ether oxygens (including phenoxy) is 1. The third-order valence-electron chi connectivity index (χ3n) is 4.05. The van der Waals surface area contributed by atoms with E-state index in [9.17, 15) is 14.4 Å². The van der Waals surface area contributed by atoms with Crippen LogP contribution in [-0.2, 0) is 20.7 Å². The summed E-state index contributed by atoms with van der Waals surface area (Å²) in [6, 6.07) is 13.4. The Hall–Kier alpha value is -2.66. The van der Waals surface area contributed by atoms with Crippen LogP contribution in [0.15, 0.2) is 48.5 Å². The first-order valence-electron chi connectivity index (χ1n) is 8.96. The maximum absolute atomic E-state index is 12.5. The van der Waals surface area contributed by atoms with E-state index in [-0.39, 0.29) is 18.1 Å². The largest absolute Gasteiger partial charge is 0.454 e. The van der Waals surface area contributed by atoms with Gasteiger partial charge in [0.05, 0.1) is 6.42 Å². The van der Waals surface area contributed by atoms with Crippen molar-refractivity contribution in [3.8, 4) is 0 Å². The first-order valence-corrected chi connectivity index (χ1v) is 9.34. The Kier molecular flexibility index (Phi) is 6.97. The molecule has 2 aromatic rings. The number of anilines is 1. The van der Waals surface area contributed by atoms with E-state index < -0.39 is 17.5 Å². The minimum atomic E-state index is -0.908. The SMILES string of the molecule is C[C@@H](OC(=O)Cc1ccc(Cl)cc1)C(=O)c1ccc(NC(=O)C(C)(C)C)cc1. The molecule has 5 nitrogen and oxygen atoms in total. The Labute approximate surface area is 170 Å². The van der Waals surface area contributed by atoms with Crippen LogP contribution < -0.4 is 5.32 Å². The van der Waals surface area contributed by atoms with Crippen molar-refractivity contribution >= 4 is 34.9 Å². The fraction of sp³-hybridized carbons (Fsp3) is 0.318. The second kappa shape index (κ2) is 9.02. The van der Waals surface area contributed by atoms with E-state index in [1.165, 1.54) is 6.92 Å². The van der Waals surface area contributed by atoms with Crippen molar-refractivity contribution in [3.63, 3.8) is 0 Å². The summed E-state index contributed by atoms with van der Waals surface area (Å²) in [5.74, 6) is -0.911. The molecular formula is C22H24ClNO4. The minimum Gasteiger partial charge on any atom is -0.454 e. The number of hydrogen-bond acceptors (Lipinski definition) is 4. The van der Waals surface area contributed by atoms with Crippen LogP contribution in [0, 0.1) is 5.41 Å². The Bertz CT molecular complexity index is 852. The predicted molar refractivity (Wildman–Crippen MR) is 110 cm³/mol. The average molecular weight is 402 g/mol. The number of carbonyl (C=O) groups is 3. The molecule has 0 bridgehead atoms. The average Bonchev–Trinajstić information content (AvgIpc) is 2.62. The van der Waals surface area contributed by atoms with Gasteiger partial charge in [-0.1, -0.05) is 44.5 Å². The molecule has 0 saturated heterocycles. The predicted octanol–water partition coefficient (Wildman–Crippen LogP) is 4.68. The lowest BCUT2D eigenvalue weighted by atomic mass is 9.95. The highest BCUT2D eigenvalue weighted by Crippen LogP contribution is 2.18. The molecule has 28 heavy (non-hydrogen) atoms. The third kappa shape index (κ3) is 6.20. The molecule has 2 rings (SSSR count). The highest BCUT2D eigenvalue weighted by Gasteiger charge is 2.22. The van der Waals surface area contributed by atoms with Crippen LogP contribution in [0.4, 0.5) is 5.69 Å². The third-order valence-corrected chi connectivity index (χ3v) is 4.30. The number of halogens is 1. The van der Waals surface area contributed by atoms with Gasteiger partial charge < -0.3 is 10.1 Å². The van der Waals surface area contributed by atoms with Gasteiger partial charge in [0, 0.05) is 21.7 Å². The number of esters is 1. The topological polar surface area (TPSA) is 72.5 Å². The summed E-state index contributed by atoms with van der Waals surface area (Å²) < 4.78 is 5.25. The summed E-state index contributed by atoms with van der Waals surface area (Å²) in [6.45, 7) is 7.00. The van der Waals surface area contributed by atoms with Gasteiger partial charge in [0.2, 0.25) is 11.7 Å². The molecule has 1 amide bonds. The van der Waals surface area contributed by atoms with Gasteiger partial charge in [-0.25, -0.2) is 0 Å². The summed E-state index contributed by atoms with van der Waals surface area (Å²) in [4.78, 5) is 36.6. The van der Waals surface area contributed by atoms with E-state index in [0.717, 1.165) is 5.56 Å². The van der Waals surface area contributed by atoms with Crippen molar-refractivity contribution in [2.75, 3.05) is 5.32 Å². The molecular weight excluding hydrogens is 378 g/mol. The van der Waals surface area contributed by atoms with Crippen LogP contribution in [0.5, 0.6) is 0 Å². The van der Waals surface area contributed by atoms with Crippen molar-refractivity contribution in [1.29, 1.82) is 0 Å². The number of rotatable bonds is 6. The number of benzene rings is 2. The molecule has 1 atom stereocenters. The van der Waals surface area contributed by atoms with Gasteiger partial charge in [0.15, 0.2) is 6.10 Å². The molecule has 0 aliphatic rings. The molecule has 0 saturated carbocycles. The maximum atomic E-state index is 12.5. The van der Waals surface area contributed by atoms with Gasteiger partial charge in [-0.2, -0.15) is 0 Å². The van der Waals surface area contributed by atoms with E-state index in [0.29, 0.717) is 16.3 Å². The van der Waals surface area contributed by atoms with Gasteiger partial charge in [0.1, 0.15) is 0 Å². The molecule has 0 heterocycles. The molecule has 0 aliphatic heterocycles. The molecule has 1 N–H and O–H groups in total. The van der Waals surface area contributed by atoms with Crippen LogP contribution in [0.2, 0.25) is 5.02 Å². The van der Waals surface area contributed by atoms with Crippen LogP contribution in [0.25, 0.3) is 0 Å². The molecule has 0 spiro atoms. The maximum Gasteiger partial charge on any atom is 0.310 e. The summed E-state index contributed by atoms with van der Waals surface area (Å²) in [6.07, 6.45) is -0.846. The molecule has 0 unspecified atom stereocenters. The van der Waals surface area contributed by atoms with E-state index in [4.69, 9.17) is 16.3 Å². The van der Waals surface area contributed by atoms with Crippen LogP contribution in [-0.4, -0.2) is 23.8 Å². The summed E-state index contributed by atoms with van der Waals surface area (Å²) >= 11 is 5.82. The fourth-order valence-corrected chi connectivity index (χ4v) is 2.46. The van der Waals surface area contributed by atoms with Crippen LogP contribution >= 0.6 is 11.6 Å². The Morgan fingerprint density at radius 3 is 2.11 bits per heavy atom. The second-order valence-electron chi connectivity index (χ2n) is 7.58. The number of carbonyl (C=O) groups excluding carboxylic acids is 3. The van der Waals surface area contributed by atoms with Crippen molar-refractivity contribution < 1.29 is 19.1 Å². The summed E-state index contributed by atoms with van der Waals surface area (Å²) in [5, 5.41) is 3.38. The highest BCUT2D eigenvalue weighted by molar-refractivity contribution is 6.30. The minimum absolute atomic E-state index is 0.0621. The van der Waals surface area contributed by atoms with Crippen molar-refractivity contribution in [2.24, 2.45) is 5.41 Å². The van der Waals surface area contributed by atoms with Gasteiger partial charge in [-0.15, -0.1) is 0 Å². The molecule has 0 aromatic heterocycles. The molecule has 0 aliphatic carbocycles. The molecule has 2 aromatic carbocycles. The lowest BCUT2D eigenvalue weighted by molar-refractivity contribution is -0.145. The van der Waals surface area contributed by atoms with E-state index in [2.05, 4.69) is 5.32 Å². The summed E-state index contributed by atoms with van der Waals surface area (Å²) in [7, 11) is 0. The number of amides is 1. The first kappa shape index (κ1) is 21.6. The fourth-order valence-electron chi connectivity index (χ4n) is 2.33. The van der Waals surface area contributed by atoms with Gasteiger partial charge >= 0.3 is 5.97 Å². The van der Waals surface area contributed by atoms with Gasteiger partial charge in [-0.05, 0) is 48.9 Å². The van der Waals surface area contributed by atoms with Crippen molar-refractivity contribution in [3.05, 3.63) is 64.7 Å². The Morgan fingerprint density at radius 1 is 1.00 bits per heavy atom. The number of nitrogens with one attached hydrogen (secondary N) is 1. The van der Waals surface area contributed by atoms with Crippen molar-refractivity contribution in [2.45, 2.75) is 40.2 Å². The molecule has 6 heteroatoms. The standard InChI is InChI=1S/C22H24ClNO4/c1-14(28-19(25)13-15-5-9-17(23)10-6-15)20(26)16-7-11-18(12-8-16)24-21(27)22(2,3)4/h5-12,14H,13H2,1-4H3,(H,24,27)/t14-/m1/s1. The zero-order valence-corrected chi connectivity index (χ0v) is 17.2.